The smallest absolute Gasteiger partial charge is 0.418 e. The van der Waals surface area contributed by atoms with Crippen molar-refractivity contribution in [1.82, 2.24) is 9.55 Å². The Bertz CT molecular complexity index is 1330. The number of amides is 2. The van der Waals surface area contributed by atoms with Gasteiger partial charge < -0.3 is 24.4 Å². The van der Waals surface area contributed by atoms with Crippen molar-refractivity contribution in [2.45, 2.75) is 12.8 Å². The monoisotopic (exact) mass is 484 g/mol. The zero-order chi connectivity index (χ0) is 25.0. The topological polar surface area (TPSA) is 98.4 Å². The lowest BCUT2D eigenvalue weighted by Gasteiger charge is -2.16. The molecule has 0 saturated heterocycles. The lowest BCUT2D eigenvalue weighted by Crippen LogP contribution is -2.18. The number of ether oxygens (including phenoxy) is 1. The van der Waals surface area contributed by atoms with Crippen LogP contribution in [0.15, 0.2) is 77.9 Å². The lowest BCUT2D eigenvalue weighted by atomic mass is 10.1. The van der Waals surface area contributed by atoms with Crippen LogP contribution in [0.5, 0.6) is 5.75 Å². The fourth-order valence-corrected chi connectivity index (χ4v) is 3.14. The van der Waals surface area contributed by atoms with E-state index in [0.717, 1.165) is 12.1 Å². The highest BCUT2D eigenvalue weighted by Gasteiger charge is 2.34. The van der Waals surface area contributed by atoms with Crippen LogP contribution in [0.1, 0.15) is 32.1 Å². The summed E-state index contributed by atoms with van der Waals surface area (Å²) in [5.74, 6) is -0.190. The van der Waals surface area contributed by atoms with E-state index in [2.05, 4.69) is 15.6 Å². The molecule has 35 heavy (non-hydrogen) atoms. The molecule has 0 atom stereocenters. The molecular formula is C24H19F3N4O4. The standard InChI is InChI=1S/C24H19F3N4O4/c1-31-10-9-28-21(31)14-35-18-5-2-15(3-6-18)22(32)30-20-7-4-17(12-19(20)24(25,26)27)29-23(33)16-8-11-34-13-16/h2-13H,14H2,1H3,(H,29,33)(H,30,32). The van der Waals surface area contributed by atoms with Crippen molar-refractivity contribution in [2.75, 3.05) is 10.6 Å². The third kappa shape index (κ3) is 5.69. The Morgan fingerprint density at radius 2 is 1.77 bits per heavy atom. The lowest BCUT2D eigenvalue weighted by molar-refractivity contribution is -0.136. The number of aromatic nitrogens is 2. The molecule has 180 valence electrons. The van der Waals surface area contributed by atoms with Gasteiger partial charge >= 0.3 is 6.18 Å². The number of nitrogens with one attached hydrogen (secondary N) is 2. The number of halogens is 3. The number of carbonyl (C=O) groups excluding carboxylic acids is 2. The summed E-state index contributed by atoms with van der Waals surface area (Å²) in [6, 6.07) is 10.4. The Morgan fingerprint density at radius 3 is 2.40 bits per heavy atom. The number of hydrogen-bond donors (Lipinski definition) is 2. The van der Waals surface area contributed by atoms with Crippen molar-refractivity contribution in [3.63, 3.8) is 0 Å². The zero-order valence-electron chi connectivity index (χ0n) is 18.3. The van der Waals surface area contributed by atoms with E-state index in [4.69, 9.17) is 9.15 Å². The van der Waals surface area contributed by atoms with Gasteiger partial charge in [-0.25, -0.2) is 4.98 Å². The summed E-state index contributed by atoms with van der Waals surface area (Å²) in [5, 5.41) is 4.65. The van der Waals surface area contributed by atoms with E-state index >= 15 is 0 Å². The molecule has 4 aromatic rings. The molecule has 8 nitrogen and oxygen atoms in total. The first-order chi connectivity index (χ1) is 16.7. The van der Waals surface area contributed by atoms with Crippen LogP contribution in [0.3, 0.4) is 0 Å². The van der Waals surface area contributed by atoms with E-state index < -0.39 is 29.2 Å². The van der Waals surface area contributed by atoms with Gasteiger partial charge in [-0.2, -0.15) is 13.2 Å². The Morgan fingerprint density at radius 1 is 1.03 bits per heavy atom. The van der Waals surface area contributed by atoms with Crippen LogP contribution in [-0.4, -0.2) is 21.4 Å². The van der Waals surface area contributed by atoms with E-state index in [1.807, 2.05) is 7.05 Å². The van der Waals surface area contributed by atoms with E-state index in [0.29, 0.717) is 11.6 Å². The fourth-order valence-electron chi connectivity index (χ4n) is 3.14. The van der Waals surface area contributed by atoms with Crippen molar-refractivity contribution >= 4 is 23.2 Å². The first-order valence-corrected chi connectivity index (χ1v) is 10.3. The van der Waals surface area contributed by atoms with Gasteiger partial charge in [0.05, 0.1) is 23.1 Å². The molecule has 2 heterocycles. The van der Waals surface area contributed by atoms with Crippen LogP contribution in [0.4, 0.5) is 24.5 Å². The number of hydrogen-bond acceptors (Lipinski definition) is 5. The van der Waals surface area contributed by atoms with Gasteiger partial charge in [-0.1, -0.05) is 0 Å². The van der Waals surface area contributed by atoms with Gasteiger partial charge in [-0.05, 0) is 48.5 Å². The Hall–Kier alpha value is -4.54. The molecule has 0 bridgehead atoms. The molecular weight excluding hydrogens is 465 g/mol. The molecule has 0 fully saturated rings. The summed E-state index contributed by atoms with van der Waals surface area (Å²) >= 11 is 0. The maximum Gasteiger partial charge on any atom is 0.418 e. The number of rotatable bonds is 7. The molecule has 0 spiro atoms. The fraction of sp³-hybridized carbons (Fsp3) is 0.125. The van der Waals surface area contributed by atoms with Crippen molar-refractivity contribution < 1.29 is 31.9 Å². The maximum atomic E-state index is 13.7. The molecule has 2 aromatic carbocycles. The first kappa shape index (κ1) is 23.6. The maximum absolute atomic E-state index is 13.7. The second-order valence-corrected chi connectivity index (χ2v) is 7.45. The highest BCUT2D eigenvalue weighted by Crippen LogP contribution is 2.37. The SMILES string of the molecule is Cn1ccnc1COc1ccc(C(=O)Nc2ccc(NC(=O)c3ccoc3)cc2C(F)(F)F)cc1. The third-order valence-corrected chi connectivity index (χ3v) is 5.02. The van der Waals surface area contributed by atoms with Crippen LogP contribution < -0.4 is 15.4 Å². The largest absolute Gasteiger partial charge is 0.486 e. The van der Waals surface area contributed by atoms with E-state index in [9.17, 15) is 22.8 Å². The minimum atomic E-state index is -4.78. The number of carbonyl (C=O) groups is 2. The van der Waals surface area contributed by atoms with Crippen LogP contribution in [-0.2, 0) is 19.8 Å². The number of nitrogens with zero attached hydrogens (tertiary/aromatic N) is 2. The second-order valence-electron chi connectivity index (χ2n) is 7.45. The summed E-state index contributed by atoms with van der Waals surface area (Å²) in [5.41, 5.74) is -1.34. The number of alkyl halides is 3. The molecule has 0 saturated carbocycles. The van der Waals surface area contributed by atoms with Gasteiger partial charge in [0.25, 0.3) is 11.8 Å². The molecule has 2 amide bonds. The predicted octanol–water partition coefficient (Wildman–Crippen LogP) is 5.12. The minimum absolute atomic E-state index is 0.0873. The highest BCUT2D eigenvalue weighted by atomic mass is 19.4. The summed E-state index contributed by atoms with van der Waals surface area (Å²) < 4.78 is 53.2. The average molecular weight is 484 g/mol. The van der Waals surface area contributed by atoms with Gasteiger partial charge in [0, 0.05) is 30.7 Å². The number of furan rings is 1. The van der Waals surface area contributed by atoms with Crippen LogP contribution in [0.2, 0.25) is 0 Å². The Labute approximate surface area is 197 Å². The number of imidazole rings is 1. The van der Waals surface area contributed by atoms with Crippen molar-refractivity contribution in [1.29, 1.82) is 0 Å². The molecule has 0 radical (unpaired) electrons. The molecule has 4 rings (SSSR count). The van der Waals surface area contributed by atoms with Crippen LogP contribution in [0.25, 0.3) is 0 Å². The summed E-state index contributed by atoms with van der Waals surface area (Å²) in [7, 11) is 1.83. The number of anilines is 2. The van der Waals surface area contributed by atoms with Gasteiger partial charge in [0.1, 0.15) is 24.4 Å². The molecule has 0 aliphatic carbocycles. The average Bonchev–Trinajstić information content (AvgIpc) is 3.50. The summed E-state index contributed by atoms with van der Waals surface area (Å²) in [4.78, 5) is 28.8. The van der Waals surface area contributed by atoms with Gasteiger partial charge in [0.2, 0.25) is 0 Å². The second kappa shape index (κ2) is 9.75. The predicted molar refractivity (Wildman–Crippen MR) is 120 cm³/mol. The molecule has 2 aromatic heterocycles. The molecule has 11 heteroatoms. The van der Waals surface area contributed by atoms with Gasteiger partial charge in [-0.15, -0.1) is 0 Å². The van der Waals surface area contributed by atoms with Crippen LogP contribution in [0, 0.1) is 0 Å². The van der Waals surface area contributed by atoms with E-state index in [1.54, 1.807) is 17.0 Å². The van der Waals surface area contributed by atoms with E-state index in [1.165, 1.54) is 48.9 Å². The van der Waals surface area contributed by atoms with Crippen molar-refractivity contribution in [3.05, 3.63) is 96.0 Å². The summed E-state index contributed by atoms with van der Waals surface area (Å²) in [6.07, 6.45) is 1.08. The van der Waals surface area contributed by atoms with Crippen LogP contribution >= 0.6 is 0 Å². The normalized spacial score (nSPS) is 11.2. The Kier molecular flexibility index (Phi) is 6.58. The van der Waals surface area contributed by atoms with Crippen molar-refractivity contribution in [3.8, 4) is 5.75 Å². The highest BCUT2D eigenvalue weighted by molar-refractivity contribution is 6.06. The molecule has 0 aliphatic rings. The first-order valence-electron chi connectivity index (χ1n) is 10.3. The number of benzene rings is 2. The quantitative estimate of drug-likeness (QED) is 0.380. The zero-order valence-corrected chi connectivity index (χ0v) is 18.3. The minimum Gasteiger partial charge on any atom is -0.486 e. The molecule has 0 aliphatic heterocycles. The van der Waals surface area contributed by atoms with E-state index in [-0.39, 0.29) is 23.4 Å². The summed E-state index contributed by atoms with van der Waals surface area (Å²) in [6.45, 7) is 0.216. The Balaban J connectivity index is 1.45. The third-order valence-electron chi connectivity index (χ3n) is 5.02. The number of aryl methyl sites for hydroxylation is 1. The molecule has 2 N–H and O–H groups in total. The molecule has 0 unspecified atom stereocenters. The van der Waals surface area contributed by atoms with Crippen molar-refractivity contribution in [2.24, 2.45) is 7.05 Å². The van der Waals surface area contributed by atoms with Gasteiger partial charge in [-0.3, -0.25) is 9.59 Å². The van der Waals surface area contributed by atoms with Gasteiger partial charge in [0.15, 0.2) is 0 Å².